The number of benzene rings is 1. The van der Waals surface area contributed by atoms with Crippen molar-refractivity contribution in [1.29, 1.82) is 0 Å². The summed E-state index contributed by atoms with van der Waals surface area (Å²) < 4.78 is 14.1. The van der Waals surface area contributed by atoms with Crippen LogP contribution in [0.4, 0.5) is 4.39 Å². The minimum absolute atomic E-state index is 0.0838. The normalized spacial score (nSPS) is 16.0. The number of aryl methyl sites for hydroxylation is 1. The summed E-state index contributed by atoms with van der Waals surface area (Å²) >= 11 is 1.81. The average Bonchev–Trinajstić information content (AvgIpc) is 2.26. The van der Waals surface area contributed by atoms with Gasteiger partial charge in [-0.1, -0.05) is 45.0 Å². The smallest absolute Gasteiger partial charge is 0.105 e. The lowest BCUT2D eigenvalue weighted by molar-refractivity contribution is 0.585. The van der Waals surface area contributed by atoms with Crippen molar-refractivity contribution in [3.8, 4) is 0 Å². The number of thioether (sulfide) groups is 1. The van der Waals surface area contributed by atoms with Gasteiger partial charge in [0.1, 0.15) is 5.83 Å². The second-order valence-electron chi connectivity index (χ2n) is 5.44. The fraction of sp³-hybridized carbons (Fsp3) is 0.467. The number of rotatable bonds is 2. The van der Waals surface area contributed by atoms with Gasteiger partial charge in [-0.25, -0.2) is 4.39 Å². The van der Waals surface area contributed by atoms with E-state index in [1.54, 1.807) is 0 Å². The third-order valence-electron chi connectivity index (χ3n) is 2.93. The van der Waals surface area contributed by atoms with Gasteiger partial charge in [0.25, 0.3) is 0 Å². The highest BCUT2D eigenvalue weighted by atomic mass is 32.2. The van der Waals surface area contributed by atoms with Gasteiger partial charge >= 0.3 is 0 Å². The number of fused-ring (bicyclic) bond motifs is 1. The molecule has 0 bridgehead atoms. The molecule has 0 nitrogen and oxygen atoms in total. The van der Waals surface area contributed by atoms with Crippen LogP contribution in [0.15, 0.2) is 30.1 Å². The highest BCUT2D eigenvalue weighted by Crippen LogP contribution is 2.36. The zero-order chi connectivity index (χ0) is 12.5. The van der Waals surface area contributed by atoms with E-state index < -0.39 is 0 Å². The Morgan fingerprint density at radius 2 is 1.88 bits per heavy atom. The van der Waals surface area contributed by atoms with Crippen LogP contribution < -0.4 is 0 Å². The molecule has 0 amide bonds. The summed E-state index contributed by atoms with van der Waals surface area (Å²) in [5, 5.41) is 0. The van der Waals surface area contributed by atoms with Crippen molar-refractivity contribution >= 4 is 17.3 Å². The van der Waals surface area contributed by atoms with Crippen LogP contribution >= 0.6 is 11.8 Å². The predicted molar refractivity (Wildman–Crippen MR) is 75.0 cm³/mol. The maximum atomic E-state index is 14.0. The van der Waals surface area contributed by atoms with Crippen molar-refractivity contribution in [2.75, 3.05) is 5.75 Å². The predicted octanol–water partition coefficient (Wildman–Crippen LogP) is 4.85. The van der Waals surface area contributed by atoms with Crippen molar-refractivity contribution in [2.45, 2.75) is 38.4 Å². The molecule has 2 heteroatoms. The van der Waals surface area contributed by atoms with Gasteiger partial charge in [-0.2, -0.15) is 11.8 Å². The minimum atomic E-state index is 0.0838. The quantitative estimate of drug-likeness (QED) is 0.723. The molecule has 0 saturated heterocycles. The molecule has 92 valence electrons. The molecule has 0 unspecified atom stereocenters. The maximum absolute atomic E-state index is 14.0. The van der Waals surface area contributed by atoms with Gasteiger partial charge < -0.3 is 0 Å². The van der Waals surface area contributed by atoms with E-state index in [-0.39, 0.29) is 10.6 Å². The zero-order valence-electron chi connectivity index (χ0n) is 10.7. The van der Waals surface area contributed by atoms with Gasteiger partial charge in [-0.05, 0) is 17.5 Å². The Kier molecular flexibility index (Phi) is 3.62. The van der Waals surface area contributed by atoms with Crippen LogP contribution in [-0.4, -0.2) is 10.5 Å². The fourth-order valence-corrected chi connectivity index (χ4v) is 2.91. The van der Waals surface area contributed by atoms with Crippen LogP contribution in [0.5, 0.6) is 0 Å². The number of halogens is 1. The highest BCUT2D eigenvalue weighted by molar-refractivity contribution is 8.01. The summed E-state index contributed by atoms with van der Waals surface area (Å²) in [4.78, 5) is 0. The zero-order valence-corrected chi connectivity index (χ0v) is 11.5. The van der Waals surface area contributed by atoms with Crippen LogP contribution in [0.3, 0.4) is 0 Å². The van der Waals surface area contributed by atoms with Gasteiger partial charge in [0.15, 0.2) is 0 Å². The maximum Gasteiger partial charge on any atom is 0.105 e. The van der Waals surface area contributed by atoms with E-state index in [0.717, 1.165) is 23.3 Å². The Hall–Kier alpha value is -0.760. The molecule has 1 aliphatic carbocycles. The number of hydrogen-bond acceptors (Lipinski definition) is 1. The molecule has 0 heterocycles. The minimum Gasteiger partial charge on any atom is -0.211 e. The second kappa shape index (κ2) is 4.85. The fourth-order valence-electron chi connectivity index (χ4n) is 2.02. The van der Waals surface area contributed by atoms with Gasteiger partial charge in [0, 0.05) is 22.5 Å². The van der Waals surface area contributed by atoms with Crippen molar-refractivity contribution in [2.24, 2.45) is 0 Å². The van der Waals surface area contributed by atoms with Crippen molar-refractivity contribution < 1.29 is 4.39 Å². The van der Waals surface area contributed by atoms with Gasteiger partial charge in [-0.15, -0.1) is 0 Å². The molecule has 0 fully saturated rings. The number of allylic oxidation sites excluding steroid dienone is 1. The van der Waals surface area contributed by atoms with Crippen LogP contribution in [0, 0.1) is 0 Å². The Morgan fingerprint density at radius 1 is 1.18 bits per heavy atom. The van der Waals surface area contributed by atoms with E-state index in [0.29, 0.717) is 6.42 Å². The molecule has 0 spiro atoms. The van der Waals surface area contributed by atoms with E-state index in [4.69, 9.17) is 0 Å². The summed E-state index contributed by atoms with van der Waals surface area (Å²) in [6.45, 7) is 6.51. The van der Waals surface area contributed by atoms with Crippen LogP contribution in [0.2, 0.25) is 0 Å². The Bertz CT molecular complexity index is 440. The van der Waals surface area contributed by atoms with E-state index >= 15 is 0 Å². The van der Waals surface area contributed by atoms with Gasteiger partial charge in [0.05, 0.1) is 0 Å². The molecule has 17 heavy (non-hydrogen) atoms. The third-order valence-corrected chi connectivity index (χ3v) is 4.23. The molecule has 0 aromatic heterocycles. The SMILES string of the molecule is CC(C)(C)SCC1=C(F)CCc2ccccc21. The molecular formula is C15H19FS. The lowest BCUT2D eigenvalue weighted by atomic mass is 9.91. The average molecular weight is 250 g/mol. The first-order chi connectivity index (χ1) is 7.97. The molecular weight excluding hydrogens is 231 g/mol. The summed E-state index contributed by atoms with van der Waals surface area (Å²) in [7, 11) is 0. The summed E-state index contributed by atoms with van der Waals surface area (Å²) in [6.07, 6.45) is 1.41. The largest absolute Gasteiger partial charge is 0.211 e. The third kappa shape index (κ3) is 3.12. The van der Waals surface area contributed by atoms with Crippen molar-refractivity contribution in [3.63, 3.8) is 0 Å². The topological polar surface area (TPSA) is 0 Å². The molecule has 1 aliphatic rings. The van der Waals surface area contributed by atoms with E-state index in [1.807, 2.05) is 30.0 Å². The Morgan fingerprint density at radius 3 is 2.59 bits per heavy atom. The summed E-state index contributed by atoms with van der Waals surface area (Å²) in [6, 6.07) is 8.20. The van der Waals surface area contributed by atoms with Crippen molar-refractivity contribution in [1.82, 2.24) is 0 Å². The molecule has 0 N–H and O–H groups in total. The van der Waals surface area contributed by atoms with Gasteiger partial charge in [0.2, 0.25) is 0 Å². The van der Waals surface area contributed by atoms with Crippen LogP contribution in [0.25, 0.3) is 5.57 Å². The lowest BCUT2D eigenvalue weighted by Gasteiger charge is -2.23. The molecule has 1 aromatic rings. The first kappa shape index (κ1) is 12.7. The van der Waals surface area contributed by atoms with Crippen molar-refractivity contribution in [3.05, 3.63) is 41.2 Å². The standard InChI is InChI=1S/C15H19FS/c1-15(2,3)17-10-13-12-7-5-4-6-11(12)8-9-14(13)16/h4-7H,8-10H2,1-3H3. The molecule has 0 radical (unpaired) electrons. The van der Waals surface area contributed by atoms with Crippen LogP contribution in [0.1, 0.15) is 38.3 Å². The molecule has 2 rings (SSSR count). The van der Waals surface area contributed by atoms with Crippen LogP contribution in [-0.2, 0) is 6.42 Å². The Balaban J connectivity index is 2.25. The van der Waals surface area contributed by atoms with E-state index in [9.17, 15) is 4.39 Å². The number of hydrogen-bond donors (Lipinski definition) is 0. The van der Waals surface area contributed by atoms with Gasteiger partial charge in [-0.3, -0.25) is 0 Å². The highest BCUT2D eigenvalue weighted by Gasteiger charge is 2.20. The molecule has 0 saturated carbocycles. The molecule has 0 aliphatic heterocycles. The Labute approximate surface area is 107 Å². The summed E-state index contributed by atoms with van der Waals surface area (Å²) in [5.74, 6) is 0.854. The first-order valence-electron chi connectivity index (χ1n) is 6.07. The first-order valence-corrected chi connectivity index (χ1v) is 7.06. The van der Waals surface area contributed by atoms with E-state index in [1.165, 1.54) is 5.56 Å². The molecule has 0 atom stereocenters. The molecule has 1 aromatic carbocycles. The summed E-state index contributed by atoms with van der Waals surface area (Å²) in [5.41, 5.74) is 3.32. The lowest BCUT2D eigenvalue weighted by Crippen LogP contribution is -2.11. The second-order valence-corrected chi connectivity index (χ2v) is 7.24. The monoisotopic (exact) mass is 250 g/mol. The van der Waals surface area contributed by atoms with E-state index in [2.05, 4.69) is 26.8 Å².